The number of hydrogen-bond donors (Lipinski definition) is 3. The van der Waals surface area contributed by atoms with Gasteiger partial charge in [-0.05, 0) is 70.1 Å². The molecule has 2 fully saturated rings. The third-order valence-corrected chi connectivity index (χ3v) is 8.38. The highest BCUT2D eigenvalue weighted by molar-refractivity contribution is 5.99. The van der Waals surface area contributed by atoms with Gasteiger partial charge in [-0.15, -0.1) is 0 Å². The summed E-state index contributed by atoms with van der Waals surface area (Å²) in [6.07, 6.45) is 6.90. The summed E-state index contributed by atoms with van der Waals surface area (Å²) in [6.45, 7) is 12.2. The molecule has 2 amide bonds. The standard InChI is InChI=1S/C21H28F3N5O2.C10H20.C3H7NO/c1-14(17(11-25-2)21(22,23)24)26-13-27-18-8-7-15(10-19(18)31-4)20(30)28-16-6-5-9-29(3)12-16;1-3-9(2)10-7-5-4-6-8-10;1-3(5)4-2/h7-8,10-11,16,27H,2,5-6,9,12-13H2,1,3-4H3,(H,28,30);9-10H,3-8H2,1-2H3;1-2H3,(H,4,5)/b17-11+,26-14-;;/t16-;;/m1../s1. The number of ether oxygens (including phenoxy) is 1. The predicted molar refractivity (Wildman–Crippen MR) is 182 cm³/mol. The van der Waals surface area contributed by atoms with Gasteiger partial charge in [0.1, 0.15) is 12.4 Å². The molecule has 1 aromatic carbocycles. The van der Waals surface area contributed by atoms with Crippen LogP contribution >= 0.6 is 0 Å². The van der Waals surface area contributed by atoms with Crippen LogP contribution in [0, 0.1) is 11.8 Å². The minimum Gasteiger partial charge on any atom is -0.495 e. The number of likely N-dealkylation sites (tertiary alicyclic amines) is 1. The summed E-state index contributed by atoms with van der Waals surface area (Å²) in [7, 11) is 5.07. The first-order valence-corrected chi connectivity index (χ1v) is 16.1. The van der Waals surface area contributed by atoms with Gasteiger partial charge in [0.05, 0.1) is 18.4 Å². The molecule has 0 aromatic heterocycles. The molecular weight excluding hydrogens is 597 g/mol. The van der Waals surface area contributed by atoms with Crippen molar-refractivity contribution in [1.29, 1.82) is 0 Å². The van der Waals surface area contributed by atoms with Crippen molar-refractivity contribution in [2.24, 2.45) is 21.8 Å². The number of allylic oxidation sites excluding steroid dienone is 1. The van der Waals surface area contributed by atoms with E-state index in [0.29, 0.717) is 23.2 Å². The second-order valence-corrected chi connectivity index (χ2v) is 11.9. The first kappa shape index (κ1) is 40.6. The number of benzene rings is 1. The molecule has 46 heavy (non-hydrogen) atoms. The third-order valence-electron chi connectivity index (χ3n) is 8.38. The van der Waals surface area contributed by atoms with E-state index in [-0.39, 0.29) is 30.2 Å². The number of aliphatic imine (C=N–C) groups is 2. The molecule has 12 heteroatoms. The van der Waals surface area contributed by atoms with Crippen molar-refractivity contribution in [1.82, 2.24) is 15.5 Å². The van der Waals surface area contributed by atoms with E-state index < -0.39 is 11.7 Å². The Bertz CT molecular complexity index is 1150. The molecular formula is C34H55F3N6O3. The summed E-state index contributed by atoms with van der Waals surface area (Å²) in [4.78, 5) is 31.6. The van der Waals surface area contributed by atoms with Crippen molar-refractivity contribution in [3.63, 3.8) is 0 Å². The maximum absolute atomic E-state index is 13.0. The zero-order valence-corrected chi connectivity index (χ0v) is 28.7. The number of alkyl halides is 3. The van der Waals surface area contributed by atoms with Crippen LogP contribution in [0.1, 0.15) is 89.4 Å². The van der Waals surface area contributed by atoms with Gasteiger partial charge in [-0.3, -0.25) is 19.6 Å². The van der Waals surface area contributed by atoms with E-state index >= 15 is 0 Å². The molecule has 1 unspecified atom stereocenters. The number of amides is 2. The maximum atomic E-state index is 13.0. The minimum absolute atomic E-state index is 0.00463. The molecule has 1 saturated heterocycles. The molecule has 3 N–H and O–H groups in total. The lowest BCUT2D eigenvalue weighted by atomic mass is 9.80. The molecule has 1 aliphatic carbocycles. The van der Waals surface area contributed by atoms with Crippen LogP contribution in [0.3, 0.4) is 0 Å². The molecule has 3 rings (SSSR count). The summed E-state index contributed by atoms with van der Waals surface area (Å²) >= 11 is 0. The number of carbonyl (C=O) groups excluding carboxylic acids is 2. The van der Waals surface area contributed by atoms with Crippen molar-refractivity contribution in [3.05, 3.63) is 35.5 Å². The molecule has 1 aliphatic heterocycles. The molecule has 2 aliphatic rings. The number of piperidine rings is 1. The van der Waals surface area contributed by atoms with Crippen LogP contribution in [0.2, 0.25) is 0 Å². The fourth-order valence-corrected chi connectivity index (χ4v) is 5.36. The summed E-state index contributed by atoms with van der Waals surface area (Å²) in [6, 6.07) is 4.95. The van der Waals surface area contributed by atoms with Gasteiger partial charge >= 0.3 is 6.18 Å². The van der Waals surface area contributed by atoms with Crippen molar-refractivity contribution in [2.75, 3.05) is 46.3 Å². The van der Waals surface area contributed by atoms with Gasteiger partial charge in [0.15, 0.2) is 0 Å². The average molecular weight is 653 g/mol. The summed E-state index contributed by atoms with van der Waals surface area (Å²) in [5, 5.41) is 8.32. The molecule has 260 valence electrons. The van der Waals surface area contributed by atoms with Gasteiger partial charge in [0, 0.05) is 44.0 Å². The van der Waals surface area contributed by atoms with Gasteiger partial charge < -0.3 is 25.6 Å². The topological polar surface area (TPSA) is 107 Å². The number of anilines is 1. The molecule has 0 radical (unpaired) electrons. The molecule has 1 heterocycles. The van der Waals surface area contributed by atoms with Gasteiger partial charge in [-0.25, -0.2) is 0 Å². The molecule has 2 atom stereocenters. The summed E-state index contributed by atoms with van der Waals surface area (Å²) in [5.74, 6) is 2.25. The fourth-order valence-electron chi connectivity index (χ4n) is 5.36. The molecule has 0 bridgehead atoms. The van der Waals surface area contributed by atoms with Crippen molar-refractivity contribution < 1.29 is 27.5 Å². The first-order valence-electron chi connectivity index (χ1n) is 16.1. The van der Waals surface area contributed by atoms with E-state index in [1.807, 2.05) is 7.05 Å². The number of nitrogens with zero attached hydrogens (tertiary/aromatic N) is 3. The predicted octanol–water partition coefficient (Wildman–Crippen LogP) is 6.86. The molecule has 1 saturated carbocycles. The number of halogens is 3. The van der Waals surface area contributed by atoms with Gasteiger partial charge in [0.2, 0.25) is 5.91 Å². The van der Waals surface area contributed by atoms with Crippen LogP contribution in [-0.2, 0) is 4.79 Å². The highest BCUT2D eigenvalue weighted by Gasteiger charge is 2.35. The zero-order chi connectivity index (χ0) is 34.7. The number of methoxy groups -OCH3 is 1. The Morgan fingerprint density at radius 2 is 1.80 bits per heavy atom. The van der Waals surface area contributed by atoms with Crippen LogP contribution in [0.25, 0.3) is 0 Å². The van der Waals surface area contributed by atoms with E-state index in [1.165, 1.54) is 59.5 Å². The maximum Gasteiger partial charge on any atom is 0.419 e. The lowest BCUT2D eigenvalue weighted by Crippen LogP contribution is -2.46. The van der Waals surface area contributed by atoms with E-state index in [9.17, 15) is 22.8 Å². The van der Waals surface area contributed by atoms with Gasteiger partial charge in [0.25, 0.3) is 5.91 Å². The van der Waals surface area contributed by atoms with Crippen LogP contribution in [0.4, 0.5) is 18.9 Å². The summed E-state index contributed by atoms with van der Waals surface area (Å²) in [5.41, 5.74) is -0.238. The van der Waals surface area contributed by atoms with E-state index in [4.69, 9.17) is 4.74 Å². The number of nitrogens with one attached hydrogen (secondary N) is 3. The Labute approximate surface area is 273 Å². The number of carbonyl (C=O) groups is 2. The number of rotatable bonds is 10. The van der Waals surface area contributed by atoms with Crippen LogP contribution in [0.15, 0.2) is 40.0 Å². The quantitative estimate of drug-likeness (QED) is 0.240. The lowest BCUT2D eigenvalue weighted by Gasteiger charge is -2.30. The zero-order valence-electron chi connectivity index (χ0n) is 28.7. The van der Waals surface area contributed by atoms with Gasteiger partial charge in [-0.2, -0.15) is 13.2 Å². The Kier molecular flexibility index (Phi) is 18.9. The average Bonchev–Trinajstić information content (AvgIpc) is 3.03. The number of likely N-dealkylation sites (N-methyl/N-ethyl adjacent to an activating group) is 1. The normalized spacial score (nSPS) is 18.5. The Morgan fingerprint density at radius 3 is 2.33 bits per heavy atom. The summed E-state index contributed by atoms with van der Waals surface area (Å²) < 4.78 is 44.4. The molecule has 0 spiro atoms. The smallest absolute Gasteiger partial charge is 0.419 e. The fraction of sp³-hybridized carbons (Fsp3) is 0.647. The second kappa shape index (κ2) is 21.4. The Morgan fingerprint density at radius 1 is 1.15 bits per heavy atom. The van der Waals surface area contributed by atoms with Crippen LogP contribution in [0.5, 0.6) is 5.75 Å². The van der Waals surface area contributed by atoms with Gasteiger partial charge in [-0.1, -0.05) is 52.4 Å². The Balaban J connectivity index is 0.000000577. The highest BCUT2D eigenvalue weighted by Crippen LogP contribution is 2.31. The van der Waals surface area contributed by atoms with E-state index in [2.05, 4.69) is 51.4 Å². The number of hydrogen-bond acceptors (Lipinski definition) is 7. The molecule has 9 nitrogen and oxygen atoms in total. The van der Waals surface area contributed by atoms with E-state index in [0.717, 1.165) is 37.8 Å². The first-order chi connectivity index (χ1) is 21.8. The third kappa shape index (κ3) is 15.2. The minimum atomic E-state index is -4.57. The van der Waals surface area contributed by atoms with Crippen LogP contribution < -0.4 is 20.7 Å². The largest absolute Gasteiger partial charge is 0.495 e. The van der Waals surface area contributed by atoms with Crippen molar-refractivity contribution >= 4 is 29.9 Å². The van der Waals surface area contributed by atoms with Crippen molar-refractivity contribution in [3.8, 4) is 5.75 Å². The lowest BCUT2D eigenvalue weighted by molar-refractivity contribution is -0.118. The van der Waals surface area contributed by atoms with Crippen LogP contribution in [-0.4, -0.2) is 82.3 Å². The SMILES string of the molecule is C=N/C=C(\C(C)=N/CNc1ccc(C(=O)N[C@@H]2CCCN(C)C2)cc1OC)C(F)(F)F.CCC(C)C1CCCCC1.CNC(C)=O. The highest BCUT2D eigenvalue weighted by atomic mass is 19.4. The second-order valence-electron chi connectivity index (χ2n) is 11.9. The monoisotopic (exact) mass is 652 g/mol. The van der Waals surface area contributed by atoms with Crippen molar-refractivity contribution in [2.45, 2.75) is 91.3 Å². The Hall–Kier alpha value is -3.41. The molecule has 1 aromatic rings. The van der Waals surface area contributed by atoms with E-state index in [1.54, 1.807) is 25.2 Å².